The second kappa shape index (κ2) is 5.14. The van der Waals surface area contributed by atoms with E-state index in [2.05, 4.69) is 75.2 Å². The van der Waals surface area contributed by atoms with E-state index in [1.165, 1.54) is 16.3 Å². The number of rotatable bonds is 2. The van der Waals surface area contributed by atoms with Crippen LogP contribution in [0.4, 0.5) is 0 Å². The molecule has 0 aliphatic heterocycles. The molecule has 3 heteroatoms. The molecule has 0 aliphatic carbocycles. The molecule has 0 saturated carbocycles. The first-order chi connectivity index (χ1) is 9.18. The van der Waals surface area contributed by atoms with Gasteiger partial charge in [-0.15, -0.1) is 0 Å². The van der Waals surface area contributed by atoms with E-state index in [0.717, 1.165) is 15.8 Å². The van der Waals surface area contributed by atoms with Gasteiger partial charge in [-0.3, -0.25) is 0 Å². The van der Waals surface area contributed by atoms with E-state index in [0.29, 0.717) is 0 Å². The first kappa shape index (κ1) is 12.9. The fraction of sp³-hybridized carbons (Fsp3) is 0.125. The van der Waals surface area contributed by atoms with Crippen molar-refractivity contribution < 1.29 is 4.42 Å². The van der Waals surface area contributed by atoms with Crippen LogP contribution in [0.25, 0.3) is 10.8 Å². The summed E-state index contributed by atoms with van der Waals surface area (Å²) in [6.45, 7) is 2.06. The Morgan fingerprint density at radius 3 is 2.42 bits per heavy atom. The van der Waals surface area contributed by atoms with Crippen LogP contribution in [0.2, 0.25) is 0 Å². The van der Waals surface area contributed by atoms with E-state index in [1.54, 1.807) is 6.26 Å². The maximum atomic E-state index is 5.60. The topological polar surface area (TPSA) is 13.1 Å². The van der Waals surface area contributed by atoms with E-state index in [1.807, 2.05) is 6.07 Å². The molecule has 1 nitrogen and oxygen atoms in total. The van der Waals surface area contributed by atoms with Crippen LogP contribution in [-0.2, 0) is 0 Å². The maximum Gasteiger partial charge on any atom is 0.124 e. The van der Waals surface area contributed by atoms with Gasteiger partial charge in [0.1, 0.15) is 5.76 Å². The molecule has 0 spiro atoms. The van der Waals surface area contributed by atoms with E-state index >= 15 is 0 Å². The van der Waals surface area contributed by atoms with Gasteiger partial charge in [-0.25, -0.2) is 0 Å². The van der Waals surface area contributed by atoms with Crippen molar-refractivity contribution in [3.05, 3.63) is 70.1 Å². The summed E-state index contributed by atoms with van der Waals surface area (Å²) < 4.78 is 6.71. The Balaban J connectivity index is 2.21. The molecule has 19 heavy (non-hydrogen) atoms. The number of benzene rings is 2. The molecule has 0 aliphatic rings. The Bertz CT molecular complexity index is 730. The van der Waals surface area contributed by atoms with Gasteiger partial charge in [0.25, 0.3) is 0 Å². The summed E-state index contributed by atoms with van der Waals surface area (Å²) in [6.07, 6.45) is 1.74. The lowest BCUT2D eigenvalue weighted by Gasteiger charge is -2.13. The Kier molecular flexibility index (Phi) is 3.50. The van der Waals surface area contributed by atoms with Crippen LogP contribution in [0.3, 0.4) is 0 Å². The van der Waals surface area contributed by atoms with Crippen molar-refractivity contribution in [2.24, 2.45) is 0 Å². The van der Waals surface area contributed by atoms with Crippen molar-refractivity contribution in [3.8, 4) is 0 Å². The van der Waals surface area contributed by atoms with E-state index < -0.39 is 0 Å². The van der Waals surface area contributed by atoms with Crippen LogP contribution in [-0.4, -0.2) is 0 Å². The molecule has 1 unspecified atom stereocenters. The molecule has 3 aromatic rings. The fourth-order valence-electron chi connectivity index (χ4n) is 2.29. The number of aryl methyl sites for hydroxylation is 1. The summed E-state index contributed by atoms with van der Waals surface area (Å²) in [6, 6.07) is 14.6. The molecule has 2 aromatic carbocycles. The van der Waals surface area contributed by atoms with Gasteiger partial charge in [0.2, 0.25) is 0 Å². The monoisotopic (exact) mass is 378 g/mol. The molecular weight excluding hydrogens is 368 g/mol. The number of fused-ring (bicyclic) bond motifs is 1. The van der Waals surface area contributed by atoms with Crippen LogP contribution in [0, 0.1) is 6.92 Å². The predicted molar refractivity (Wildman–Crippen MR) is 85.9 cm³/mol. The highest BCUT2D eigenvalue weighted by Crippen LogP contribution is 2.38. The number of hydrogen-bond donors (Lipinski definition) is 0. The highest BCUT2D eigenvalue weighted by atomic mass is 79.9. The first-order valence-corrected chi connectivity index (χ1v) is 7.74. The second-order valence-corrected chi connectivity index (χ2v) is 6.28. The first-order valence-electron chi connectivity index (χ1n) is 6.03. The van der Waals surface area contributed by atoms with Crippen molar-refractivity contribution in [2.45, 2.75) is 11.8 Å². The van der Waals surface area contributed by atoms with Crippen molar-refractivity contribution in [2.75, 3.05) is 0 Å². The van der Waals surface area contributed by atoms with Gasteiger partial charge in [0.05, 0.1) is 11.1 Å². The molecule has 0 bridgehead atoms. The van der Waals surface area contributed by atoms with E-state index in [-0.39, 0.29) is 4.83 Å². The molecule has 0 N–H and O–H groups in total. The average molecular weight is 380 g/mol. The van der Waals surface area contributed by atoms with Gasteiger partial charge in [0.15, 0.2) is 0 Å². The molecule has 0 fully saturated rings. The predicted octanol–water partition coefficient (Wildman–Crippen LogP) is 5.99. The molecule has 1 atom stereocenters. The minimum atomic E-state index is 0.0699. The van der Waals surface area contributed by atoms with Crippen molar-refractivity contribution in [1.29, 1.82) is 0 Å². The molecule has 3 rings (SSSR count). The minimum absolute atomic E-state index is 0.0699. The third-order valence-corrected chi connectivity index (χ3v) is 4.91. The molecule has 0 radical (unpaired) electrons. The normalized spacial score (nSPS) is 12.8. The van der Waals surface area contributed by atoms with Gasteiger partial charge in [0, 0.05) is 4.47 Å². The summed E-state index contributed by atoms with van der Waals surface area (Å²) in [4.78, 5) is 0.0699. The Morgan fingerprint density at radius 2 is 1.74 bits per heavy atom. The molecule has 0 amide bonds. The quantitative estimate of drug-likeness (QED) is 0.498. The molecule has 96 valence electrons. The maximum absolute atomic E-state index is 5.60. The summed E-state index contributed by atoms with van der Waals surface area (Å²) in [5.74, 6) is 0.965. The van der Waals surface area contributed by atoms with Gasteiger partial charge >= 0.3 is 0 Å². The third-order valence-electron chi connectivity index (χ3n) is 3.31. The lowest BCUT2D eigenvalue weighted by Crippen LogP contribution is -1.94. The SMILES string of the molecule is Cc1ccoc1C(Br)c1ccc(Br)c2ccccc12. The van der Waals surface area contributed by atoms with Crippen LogP contribution in [0.5, 0.6) is 0 Å². The van der Waals surface area contributed by atoms with Crippen molar-refractivity contribution in [1.82, 2.24) is 0 Å². The van der Waals surface area contributed by atoms with Gasteiger partial charge in [-0.2, -0.15) is 0 Å². The Hall–Kier alpha value is -1.06. The summed E-state index contributed by atoms with van der Waals surface area (Å²) in [5, 5.41) is 2.45. The van der Waals surface area contributed by atoms with Gasteiger partial charge in [-0.05, 0) is 41.0 Å². The molecular formula is C16H12Br2O. The van der Waals surface area contributed by atoms with Crippen LogP contribution < -0.4 is 0 Å². The van der Waals surface area contributed by atoms with Crippen LogP contribution >= 0.6 is 31.9 Å². The standard InChI is InChI=1S/C16H12Br2O/c1-10-8-9-19-16(10)15(18)13-6-7-14(17)12-5-3-2-4-11(12)13/h2-9,15H,1H3. The zero-order valence-corrected chi connectivity index (χ0v) is 13.5. The summed E-state index contributed by atoms with van der Waals surface area (Å²) in [5.41, 5.74) is 2.38. The zero-order chi connectivity index (χ0) is 13.4. The summed E-state index contributed by atoms with van der Waals surface area (Å²) >= 11 is 7.37. The smallest absolute Gasteiger partial charge is 0.124 e. The van der Waals surface area contributed by atoms with Gasteiger partial charge in [-0.1, -0.05) is 62.2 Å². The zero-order valence-electron chi connectivity index (χ0n) is 10.4. The number of hydrogen-bond acceptors (Lipinski definition) is 1. The Morgan fingerprint density at radius 1 is 1.00 bits per heavy atom. The highest BCUT2D eigenvalue weighted by Gasteiger charge is 2.18. The lowest BCUT2D eigenvalue weighted by molar-refractivity contribution is 0.517. The van der Waals surface area contributed by atoms with Crippen molar-refractivity contribution in [3.63, 3.8) is 0 Å². The Labute approximate surface area is 128 Å². The number of halogens is 2. The third kappa shape index (κ3) is 2.26. The fourth-order valence-corrected chi connectivity index (χ4v) is 3.64. The second-order valence-electron chi connectivity index (χ2n) is 4.51. The number of alkyl halides is 1. The van der Waals surface area contributed by atoms with Crippen LogP contribution in [0.1, 0.15) is 21.7 Å². The van der Waals surface area contributed by atoms with E-state index in [4.69, 9.17) is 4.42 Å². The molecule has 1 heterocycles. The number of furan rings is 1. The van der Waals surface area contributed by atoms with Crippen LogP contribution in [0.15, 0.2) is 57.6 Å². The highest BCUT2D eigenvalue weighted by molar-refractivity contribution is 9.10. The van der Waals surface area contributed by atoms with Crippen molar-refractivity contribution >= 4 is 42.6 Å². The summed E-state index contributed by atoms with van der Waals surface area (Å²) in [7, 11) is 0. The molecule has 1 aromatic heterocycles. The largest absolute Gasteiger partial charge is 0.468 e. The minimum Gasteiger partial charge on any atom is -0.468 e. The van der Waals surface area contributed by atoms with E-state index in [9.17, 15) is 0 Å². The lowest BCUT2D eigenvalue weighted by atomic mass is 10.0. The average Bonchev–Trinajstić information content (AvgIpc) is 2.85. The van der Waals surface area contributed by atoms with Gasteiger partial charge < -0.3 is 4.42 Å². The molecule has 0 saturated heterocycles.